The maximum atomic E-state index is 12.2. The van der Waals surface area contributed by atoms with E-state index in [1.54, 1.807) is 19.9 Å². The van der Waals surface area contributed by atoms with Gasteiger partial charge in [-0.3, -0.25) is 0 Å². The summed E-state index contributed by atoms with van der Waals surface area (Å²) in [4.78, 5) is 0.0166. The molecular weight excluding hydrogens is 361 g/mol. The predicted octanol–water partition coefficient (Wildman–Crippen LogP) is 3.80. The maximum Gasteiger partial charge on any atom is 0.242 e. The SMILES string of the molecule is C=C(Br)CNS(=O)(=O)c1c(C)c(Cl)cc(C)c1Cl. The lowest BCUT2D eigenvalue weighted by Gasteiger charge is -2.13. The second-order valence-corrected chi connectivity index (χ2v) is 7.40. The first-order chi connectivity index (χ1) is 8.16. The second-order valence-electron chi connectivity index (χ2n) is 3.79. The number of aryl methyl sites for hydroxylation is 1. The van der Waals surface area contributed by atoms with Crippen molar-refractivity contribution in [3.05, 3.63) is 38.3 Å². The van der Waals surface area contributed by atoms with E-state index in [1.165, 1.54) is 0 Å². The molecule has 0 bridgehead atoms. The molecule has 18 heavy (non-hydrogen) atoms. The van der Waals surface area contributed by atoms with E-state index < -0.39 is 10.0 Å². The maximum absolute atomic E-state index is 12.2. The molecule has 0 aliphatic carbocycles. The zero-order valence-corrected chi connectivity index (χ0v) is 13.8. The summed E-state index contributed by atoms with van der Waals surface area (Å²) in [6, 6.07) is 1.64. The molecule has 0 aliphatic heterocycles. The van der Waals surface area contributed by atoms with Crippen LogP contribution in [-0.2, 0) is 10.0 Å². The van der Waals surface area contributed by atoms with Crippen LogP contribution < -0.4 is 4.72 Å². The summed E-state index contributed by atoms with van der Waals surface area (Å²) in [6.45, 7) is 6.97. The van der Waals surface area contributed by atoms with Crippen LogP contribution in [0.5, 0.6) is 0 Å². The van der Waals surface area contributed by atoms with Crippen molar-refractivity contribution in [1.82, 2.24) is 4.72 Å². The minimum absolute atomic E-state index is 0.0166. The monoisotopic (exact) mass is 371 g/mol. The number of rotatable bonds is 4. The fourth-order valence-electron chi connectivity index (χ4n) is 1.38. The minimum Gasteiger partial charge on any atom is -0.207 e. The highest BCUT2D eigenvalue weighted by Crippen LogP contribution is 2.33. The molecule has 1 aromatic rings. The summed E-state index contributed by atoms with van der Waals surface area (Å²) in [5.74, 6) is 0. The van der Waals surface area contributed by atoms with Crippen molar-refractivity contribution >= 4 is 49.2 Å². The number of benzene rings is 1. The summed E-state index contributed by atoms with van der Waals surface area (Å²) in [6.07, 6.45) is 0. The van der Waals surface area contributed by atoms with Crippen LogP contribution in [0.2, 0.25) is 10.0 Å². The standard InChI is InChI=1S/C11H12BrCl2NO2S/c1-6-4-9(13)8(3)11(10(6)14)18(16,17)15-5-7(2)12/h4,15H,2,5H2,1,3H3. The largest absolute Gasteiger partial charge is 0.242 e. The van der Waals surface area contributed by atoms with Crippen LogP contribution in [0.3, 0.4) is 0 Å². The van der Waals surface area contributed by atoms with E-state index in [0.29, 0.717) is 20.6 Å². The van der Waals surface area contributed by atoms with Crippen molar-refractivity contribution in [3.8, 4) is 0 Å². The summed E-state index contributed by atoms with van der Waals surface area (Å²) in [5.41, 5.74) is 1.05. The third-order valence-electron chi connectivity index (χ3n) is 2.31. The van der Waals surface area contributed by atoms with Gasteiger partial charge in [0.1, 0.15) is 4.90 Å². The van der Waals surface area contributed by atoms with Crippen LogP contribution in [0.15, 0.2) is 22.0 Å². The van der Waals surface area contributed by atoms with Gasteiger partial charge in [-0.05, 0) is 31.0 Å². The van der Waals surface area contributed by atoms with Gasteiger partial charge in [0.2, 0.25) is 10.0 Å². The van der Waals surface area contributed by atoms with Crippen molar-refractivity contribution in [3.63, 3.8) is 0 Å². The van der Waals surface area contributed by atoms with Gasteiger partial charge in [-0.25, -0.2) is 13.1 Å². The Morgan fingerprint density at radius 2 is 2.00 bits per heavy atom. The molecule has 100 valence electrons. The Labute approximate surface area is 125 Å². The van der Waals surface area contributed by atoms with Gasteiger partial charge in [0.25, 0.3) is 0 Å². The molecule has 0 atom stereocenters. The van der Waals surface area contributed by atoms with Crippen LogP contribution >= 0.6 is 39.1 Å². The molecule has 1 N–H and O–H groups in total. The van der Waals surface area contributed by atoms with Crippen molar-refractivity contribution < 1.29 is 8.42 Å². The predicted molar refractivity (Wildman–Crippen MR) is 79.2 cm³/mol. The van der Waals surface area contributed by atoms with Crippen LogP contribution in [-0.4, -0.2) is 15.0 Å². The number of halogens is 3. The van der Waals surface area contributed by atoms with Crippen molar-refractivity contribution in [2.45, 2.75) is 18.7 Å². The molecule has 0 unspecified atom stereocenters. The van der Waals surface area contributed by atoms with Crippen molar-refractivity contribution in [1.29, 1.82) is 0 Å². The zero-order valence-electron chi connectivity index (χ0n) is 9.85. The fraction of sp³-hybridized carbons (Fsp3) is 0.273. The van der Waals surface area contributed by atoms with Gasteiger partial charge >= 0.3 is 0 Å². The quantitative estimate of drug-likeness (QED) is 0.873. The van der Waals surface area contributed by atoms with Crippen LogP contribution in [0, 0.1) is 13.8 Å². The lowest BCUT2D eigenvalue weighted by molar-refractivity contribution is 0.585. The van der Waals surface area contributed by atoms with E-state index in [9.17, 15) is 8.42 Å². The molecule has 1 aromatic carbocycles. The smallest absolute Gasteiger partial charge is 0.207 e. The van der Waals surface area contributed by atoms with E-state index in [-0.39, 0.29) is 16.5 Å². The molecule has 0 fully saturated rings. The first kappa shape index (κ1) is 16.0. The molecule has 0 radical (unpaired) electrons. The zero-order chi connectivity index (χ0) is 14.1. The molecule has 0 aromatic heterocycles. The third-order valence-corrected chi connectivity index (χ3v) is 5.15. The van der Waals surface area contributed by atoms with E-state index in [4.69, 9.17) is 23.2 Å². The Morgan fingerprint density at radius 3 is 2.50 bits per heavy atom. The van der Waals surface area contributed by atoms with E-state index in [0.717, 1.165) is 0 Å². The lowest BCUT2D eigenvalue weighted by Crippen LogP contribution is -2.26. The molecule has 7 heteroatoms. The number of hydrogen-bond acceptors (Lipinski definition) is 2. The lowest BCUT2D eigenvalue weighted by atomic mass is 10.2. The van der Waals surface area contributed by atoms with Gasteiger partial charge in [-0.1, -0.05) is 45.7 Å². The highest BCUT2D eigenvalue weighted by molar-refractivity contribution is 9.11. The second kappa shape index (κ2) is 5.92. The molecule has 0 aliphatic rings. The highest BCUT2D eigenvalue weighted by Gasteiger charge is 2.23. The molecule has 0 spiro atoms. The van der Waals surface area contributed by atoms with Crippen molar-refractivity contribution in [2.75, 3.05) is 6.54 Å². The number of hydrogen-bond donors (Lipinski definition) is 1. The highest BCUT2D eigenvalue weighted by atomic mass is 79.9. The Bertz CT molecular complexity index is 573. The molecular formula is C11H12BrCl2NO2S. The molecule has 0 saturated carbocycles. The van der Waals surface area contributed by atoms with E-state index in [2.05, 4.69) is 27.2 Å². The molecule has 3 nitrogen and oxygen atoms in total. The molecule has 1 rings (SSSR count). The van der Waals surface area contributed by atoms with Crippen LogP contribution in [0.1, 0.15) is 11.1 Å². The molecule has 0 saturated heterocycles. The minimum atomic E-state index is -3.72. The average molecular weight is 373 g/mol. The Balaban J connectivity index is 3.36. The van der Waals surface area contributed by atoms with Gasteiger partial charge in [-0.2, -0.15) is 0 Å². The fourth-order valence-corrected chi connectivity index (χ4v) is 3.94. The Morgan fingerprint density at radius 1 is 1.44 bits per heavy atom. The summed E-state index contributed by atoms with van der Waals surface area (Å²) in [7, 11) is -3.72. The Hall–Kier alpha value is -0.0700. The summed E-state index contributed by atoms with van der Waals surface area (Å²) < 4.78 is 27.3. The number of sulfonamides is 1. The van der Waals surface area contributed by atoms with Crippen molar-refractivity contribution in [2.24, 2.45) is 0 Å². The normalized spacial score (nSPS) is 11.6. The van der Waals surface area contributed by atoms with Gasteiger partial charge in [-0.15, -0.1) is 0 Å². The van der Waals surface area contributed by atoms with Crippen LogP contribution in [0.25, 0.3) is 0 Å². The summed E-state index contributed by atoms with van der Waals surface area (Å²) >= 11 is 15.1. The average Bonchev–Trinajstić information content (AvgIpc) is 2.24. The van der Waals surface area contributed by atoms with Gasteiger partial charge < -0.3 is 0 Å². The van der Waals surface area contributed by atoms with Gasteiger partial charge in [0, 0.05) is 16.0 Å². The van der Waals surface area contributed by atoms with Crippen LogP contribution in [0.4, 0.5) is 0 Å². The number of nitrogens with one attached hydrogen (secondary N) is 1. The molecule has 0 heterocycles. The third kappa shape index (κ3) is 3.48. The summed E-state index contributed by atoms with van der Waals surface area (Å²) in [5, 5.41) is 0.555. The van der Waals surface area contributed by atoms with E-state index in [1.807, 2.05) is 0 Å². The van der Waals surface area contributed by atoms with Gasteiger partial charge in [0.05, 0.1) is 5.02 Å². The Kier molecular flexibility index (Phi) is 5.26. The molecule has 0 amide bonds. The van der Waals surface area contributed by atoms with E-state index >= 15 is 0 Å². The topological polar surface area (TPSA) is 46.2 Å². The first-order valence-electron chi connectivity index (χ1n) is 4.95. The van der Waals surface area contributed by atoms with Gasteiger partial charge in [0.15, 0.2) is 0 Å². The first-order valence-corrected chi connectivity index (χ1v) is 7.98.